The van der Waals surface area contributed by atoms with E-state index in [0.29, 0.717) is 0 Å². The minimum atomic E-state index is -0.873. The highest BCUT2D eigenvalue weighted by molar-refractivity contribution is 5.88. The molecule has 0 aliphatic rings. The normalized spacial score (nSPS) is 12.1. The number of aromatic hydroxyl groups is 1. The average molecular weight is 295 g/mol. The number of carbonyl (C=O) groups excluding carboxylic acids is 1. The zero-order valence-electron chi connectivity index (χ0n) is 11.3. The van der Waals surface area contributed by atoms with E-state index in [2.05, 4.69) is 15.0 Å². The van der Waals surface area contributed by atoms with Gasteiger partial charge in [0.1, 0.15) is 17.2 Å². The number of nitrogens with zero attached hydrogens (tertiary/aromatic N) is 3. The highest BCUT2D eigenvalue weighted by Gasteiger charge is 2.15. The number of benzene rings is 1. The molecule has 0 aliphatic heterocycles. The summed E-state index contributed by atoms with van der Waals surface area (Å²) in [5.41, 5.74) is -0.829. The summed E-state index contributed by atoms with van der Waals surface area (Å²) in [6.07, 6.45) is 0. The molecule has 21 heavy (non-hydrogen) atoms. The van der Waals surface area contributed by atoms with Crippen LogP contribution in [0.1, 0.15) is 13.8 Å². The smallest absolute Gasteiger partial charge is 0.362 e. The summed E-state index contributed by atoms with van der Waals surface area (Å²) in [5, 5.41) is 36.5. The zero-order chi connectivity index (χ0) is 16.0. The van der Waals surface area contributed by atoms with Crippen molar-refractivity contribution in [2.24, 2.45) is 10.2 Å². The molecule has 0 saturated heterocycles. The van der Waals surface area contributed by atoms with Crippen LogP contribution in [0.15, 0.2) is 39.9 Å². The summed E-state index contributed by atoms with van der Waals surface area (Å²) in [5.74, 6) is -1.76. The SMILES string of the molecule is CCOC(=O)/C(N=Nc1ccc([N+](=O)[O-])cc1O)=C(/C)O. The van der Waals surface area contributed by atoms with Crippen LogP contribution in [0.2, 0.25) is 0 Å². The number of hydrogen-bond acceptors (Lipinski definition) is 8. The van der Waals surface area contributed by atoms with Gasteiger partial charge in [-0.1, -0.05) is 0 Å². The van der Waals surface area contributed by atoms with Crippen LogP contribution in [0.5, 0.6) is 5.75 Å². The van der Waals surface area contributed by atoms with E-state index in [9.17, 15) is 25.1 Å². The first-order valence-corrected chi connectivity index (χ1v) is 5.83. The van der Waals surface area contributed by atoms with Gasteiger partial charge in [0.15, 0.2) is 0 Å². The number of esters is 1. The fourth-order valence-electron chi connectivity index (χ4n) is 1.27. The molecular weight excluding hydrogens is 282 g/mol. The predicted octanol–water partition coefficient (Wildman–Crippen LogP) is 2.74. The molecule has 0 spiro atoms. The number of carbonyl (C=O) groups is 1. The first kappa shape index (κ1) is 16.1. The number of ether oxygens (including phenoxy) is 1. The van der Waals surface area contributed by atoms with Crippen LogP contribution in [0.4, 0.5) is 11.4 Å². The highest BCUT2D eigenvalue weighted by atomic mass is 16.6. The number of phenolic OH excluding ortho intramolecular Hbond substituents is 1. The number of aliphatic hydroxyl groups excluding tert-OH is 1. The molecule has 0 amide bonds. The second-order valence-corrected chi connectivity index (χ2v) is 3.78. The molecule has 0 bridgehead atoms. The maximum atomic E-state index is 11.5. The van der Waals surface area contributed by atoms with Crippen molar-refractivity contribution in [3.63, 3.8) is 0 Å². The molecule has 1 aromatic rings. The van der Waals surface area contributed by atoms with Gasteiger partial charge < -0.3 is 14.9 Å². The van der Waals surface area contributed by atoms with Gasteiger partial charge in [-0.05, 0) is 19.9 Å². The second-order valence-electron chi connectivity index (χ2n) is 3.78. The summed E-state index contributed by atoms with van der Waals surface area (Å²) in [6, 6.07) is 3.17. The molecule has 1 aromatic carbocycles. The van der Waals surface area contributed by atoms with E-state index in [4.69, 9.17) is 0 Å². The van der Waals surface area contributed by atoms with Crippen LogP contribution in [-0.2, 0) is 9.53 Å². The number of allylic oxidation sites excluding steroid dienone is 1. The topological polar surface area (TPSA) is 135 Å². The largest absolute Gasteiger partial charge is 0.510 e. The van der Waals surface area contributed by atoms with Crippen molar-refractivity contribution in [3.05, 3.63) is 39.8 Å². The monoisotopic (exact) mass is 295 g/mol. The number of phenols is 1. The van der Waals surface area contributed by atoms with E-state index in [-0.39, 0.29) is 18.0 Å². The van der Waals surface area contributed by atoms with Gasteiger partial charge in [-0.2, -0.15) is 0 Å². The van der Waals surface area contributed by atoms with Crippen molar-refractivity contribution in [1.82, 2.24) is 0 Å². The van der Waals surface area contributed by atoms with Gasteiger partial charge in [-0.15, -0.1) is 10.2 Å². The number of aliphatic hydroxyl groups is 1. The lowest BCUT2D eigenvalue weighted by molar-refractivity contribution is -0.384. The van der Waals surface area contributed by atoms with Crippen molar-refractivity contribution in [1.29, 1.82) is 0 Å². The molecule has 0 heterocycles. The Labute approximate surface area is 119 Å². The first-order valence-electron chi connectivity index (χ1n) is 5.83. The molecule has 0 saturated carbocycles. The average Bonchev–Trinajstić information content (AvgIpc) is 2.40. The molecule has 0 atom stereocenters. The van der Waals surface area contributed by atoms with Gasteiger partial charge in [-0.25, -0.2) is 4.79 Å². The van der Waals surface area contributed by atoms with E-state index in [0.717, 1.165) is 18.2 Å². The lowest BCUT2D eigenvalue weighted by Crippen LogP contribution is -2.07. The molecule has 9 nitrogen and oxygen atoms in total. The van der Waals surface area contributed by atoms with E-state index >= 15 is 0 Å². The van der Waals surface area contributed by atoms with Crippen LogP contribution < -0.4 is 0 Å². The molecule has 112 valence electrons. The first-order chi connectivity index (χ1) is 9.86. The van der Waals surface area contributed by atoms with E-state index in [1.165, 1.54) is 6.92 Å². The minimum absolute atomic E-state index is 0.0912. The Hall–Kier alpha value is -2.97. The molecular formula is C12H13N3O6. The highest BCUT2D eigenvalue weighted by Crippen LogP contribution is 2.31. The van der Waals surface area contributed by atoms with Crippen molar-refractivity contribution in [2.45, 2.75) is 13.8 Å². The number of non-ortho nitro benzene ring substituents is 1. The van der Waals surface area contributed by atoms with Crippen LogP contribution in [0.3, 0.4) is 0 Å². The number of hydrogen-bond donors (Lipinski definition) is 2. The Balaban J connectivity index is 3.06. The zero-order valence-corrected chi connectivity index (χ0v) is 11.3. The summed E-state index contributed by atoms with van der Waals surface area (Å²) in [6.45, 7) is 2.90. The van der Waals surface area contributed by atoms with Crippen LogP contribution >= 0.6 is 0 Å². The third-order valence-corrected chi connectivity index (χ3v) is 2.24. The second kappa shape index (κ2) is 6.98. The third-order valence-electron chi connectivity index (χ3n) is 2.24. The van der Waals surface area contributed by atoms with Crippen molar-refractivity contribution in [2.75, 3.05) is 6.61 Å². The fourth-order valence-corrected chi connectivity index (χ4v) is 1.27. The van der Waals surface area contributed by atoms with Crippen molar-refractivity contribution >= 4 is 17.3 Å². The van der Waals surface area contributed by atoms with Gasteiger partial charge in [0.2, 0.25) is 5.70 Å². The van der Waals surface area contributed by atoms with E-state index < -0.39 is 28.1 Å². The molecule has 1 rings (SSSR count). The molecule has 9 heteroatoms. The fraction of sp³-hybridized carbons (Fsp3) is 0.250. The Morgan fingerprint density at radius 3 is 2.62 bits per heavy atom. The van der Waals surface area contributed by atoms with Crippen molar-refractivity contribution in [3.8, 4) is 5.75 Å². The number of rotatable bonds is 5. The standard InChI is InChI=1S/C12H13N3O6/c1-3-21-12(18)11(7(2)16)14-13-9-5-4-8(15(19)20)6-10(9)17/h4-6,16-17H,3H2,1-2H3/b11-7+,14-13?. The Morgan fingerprint density at radius 2 is 2.14 bits per heavy atom. The number of nitro groups is 1. The van der Waals surface area contributed by atoms with Gasteiger partial charge in [-0.3, -0.25) is 10.1 Å². The van der Waals surface area contributed by atoms with Crippen molar-refractivity contribution < 1.29 is 24.7 Å². The molecule has 2 N–H and O–H groups in total. The van der Waals surface area contributed by atoms with E-state index in [1.807, 2.05) is 0 Å². The molecule has 0 fully saturated rings. The lowest BCUT2D eigenvalue weighted by Gasteiger charge is -2.02. The quantitative estimate of drug-likeness (QED) is 0.214. The molecule has 0 radical (unpaired) electrons. The maximum Gasteiger partial charge on any atom is 0.362 e. The Kier molecular flexibility index (Phi) is 5.35. The molecule has 0 aromatic heterocycles. The van der Waals surface area contributed by atoms with Crippen LogP contribution in [-0.4, -0.2) is 27.7 Å². The Morgan fingerprint density at radius 1 is 1.48 bits per heavy atom. The van der Waals surface area contributed by atoms with E-state index in [1.54, 1.807) is 6.92 Å². The van der Waals surface area contributed by atoms with Gasteiger partial charge >= 0.3 is 5.97 Å². The lowest BCUT2D eigenvalue weighted by atomic mass is 10.2. The number of nitro benzene ring substituents is 1. The van der Waals surface area contributed by atoms with Gasteiger partial charge in [0.05, 0.1) is 17.6 Å². The Bertz CT molecular complexity index is 619. The summed E-state index contributed by atoms with van der Waals surface area (Å²) in [7, 11) is 0. The third kappa shape index (κ3) is 4.27. The predicted molar refractivity (Wildman–Crippen MR) is 71.2 cm³/mol. The maximum absolute atomic E-state index is 11.5. The summed E-state index contributed by atoms with van der Waals surface area (Å²) in [4.78, 5) is 21.3. The number of azo groups is 1. The van der Waals surface area contributed by atoms with Gasteiger partial charge in [0, 0.05) is 6.07 Å². The molecule has 0 aliphatic carbocycles. The van der Waals surface area contributed by atoms with Crippen LogP contribution in [0, 0.1) is 10.1 Å². The summed E-state index contributed by atoms with van der Waals surface area (Å²) >= 11 is 0. The molecule has 0 unspecified atom stereocenters. The van der Waals surface area contributed by atoms with Gasteiger partial charge in [0.25, 0.3) is 5.69 Å². The summed E-state index contributed by atoms with van der Waals surface area (Å²) < 4.78 is 4.67. The van der Waals surface area contributed by atoms with Crippen LogP contribution in [0.25, 0.3) is 0 Å². The minimum Gasteiger partial charge on any atom is -0.510 e.